The fourth-order valence-corrected chi connectivity index (χ4v) is 3.49. The molecule has 0 spiro atoms. The second kappa shape index (κ2) is 6.63. The first-order valence-electron chi connectivity index (χ1n) is 9.46. The van der Waals surface area contributed by atoms with Gasteiger partial charge in [0.2, 0.25) is 11.8 Å². The number of hydrogen-bond acceptors (Lipinski definition) is 6. The third kappa shape index (κ3) is 2.87. The van der Waals surface area contributed by atoms with Gasteiger partial charge in [-0.1, -0.05) is 29.8 Å². The van der Waals surface area contributed by atoms with E-state index in [0.29, 0.717) is 29.8 Å². The molecular weight excluding hydrogens is 354 g/mol. The molecule has 3 aromatic heterocycles. The van der Waals surface area contributed by atoms with Gasteiger partial charge in [0.25, 0.3) is 0 Å². The highest BCUT2D eigenvalue weighted by atomic mass is 16.5. The Morgan fingerprint density at radius 3 is 2.79 bits per heavy atom. The molecule has 5 rings (SSSR count). The molecule has 0 radical (unpaired) electrons. The maximum atomic E-state index is 6.14. The number of fused-ring (bicyclic) bond motifs is 3. The Balaban J connectivity index is 1.43. The molecule has 0 bridgehead atoms. The van der Waals surface area contributed by atoms with Crippen LogP contribution in [0.2, 0.25) is 0 Å². The Morgan fingerprint density at radius 2 is 2.00 bits per heavy atom. The summed E-state index contributed by atoms with van der Waals surface area (Å²) < 4.78 is 9.01. The van der Waals surface area contributed by atoms with Crippen LogP contribution in [0.25, 0.3) is 22.4 Å². The predicted octanol–water partition coefficient (Wildman–Crippen LogP) is 2.76. The second-order valence-electron chi connectivity index (χ2n) is 7.04. The van der Waals surface area contributed by atoms with Gasteiger partial charge in [0.05, 0.1) is 18.2 Å². The van der Waals surface area contributed by atoms with Crippen LogP contribution in [-0.2, 0) is 17.7 Å². The molecule has 0 aliphatic carbocycles. The quantitative estimate of drug-likeness (QED) is 0.576. The molecule has 1 aliphatic heterocycles. The van der Waals surface area contributed by atoms with Gasteiger partial charge in [-0.05, 0) is 31.4 Å². The van der Waals surface area contributed by atoms with Crippen LogP contribution in [0, 0.1) is 6.92 Å². The van der Waals surface area contributed by atoms with E-state index in [2.05, 4.69) is 51.4 Å². The normalized spacial score (nSPS) is 14.0. The van der Waals surface area contributed by atoms with Gasteiger partial charge in [0, 0.05) is 13.0 Å². The zero-order valence-corrected chi connectivity index (χ0v) is 15.7. The van der Waals surface area contributed by atoms with E-state index in [0.717, 1.165) is 36.8 Å². The third-order valence-electron chi connectivity index (χ3n) is 4.98. The molecule has 0 amide bonds. The molecule has 1 aromatic carbocycles. The molecule has 142 valence electrons. The fourth-order valence-electron chi connectivity index (χ4n) is 3.49. The Kier molecular flexibility index (Phi) is 3.96. The summed E-state index contributed by atoms with van der Waals surface area (Å²) in [6.45, 7) is 3.52. The van der Waals surface area contributed by atoms with Crippen LogP contribution in [0.5, 0.6) is 0 Å². The van der Waals surface area contributed by atoms with Gasteiger partial charge in [-0.2, -0.15) is 14.6 Å². The van der Waals surface area contributed by atoms with Gasteiger partial charge in [-0.3, -0.25) is 0 Å². The second-order valence-corrected chi connectivity index (χ2v) is 7.04. The lowest BCUT2D eigenvalue weighted by atomic mass is 10.1. The Morgan fingerprint density at radius 1 is 1.14 bits per heavy atom. The summed E-state index contributed by atoms with van der Waals surface area (Å²) in [6.07, 6.45) is 6.59. The summed E-state index contributed by atoms with van der Waals surface area (Å²) in [6, 6.07) is 8.63. The lowest BCUT2D eigenvalue weighted by molar-refractivity contribution is 0.305. The number of aromatic nitrogens is 6. The van der Waals surface area contributed by atoms with E-state index in [1.165, 1.54) is 11.1 Å². The van der Waals surface area contributed by atoms with Crippen LogP contribution in [0.1, 0.15) is 29.8 Å². The minimum Gasteiger partial charge on any atom is -0.490 e. The summed E-state index contributed by atoms with van der Waals surface area (Å²) >= 11 is 0. The van der Waals surface area contributed by atoms with Crippen molar-refractivity contribution < 1.29 is 4.74 Å². The van der Waals surface area contributed by atoms with E-state index in [4.69, 9.17) is 10.5 Å². The molecule has 0 atom stereocenters. The summed E-state index contributed by atoms with van der Waals surface area (Å²) in [7, 11) is 0. The summed E-state index contributed by atoms with van der Waals surface area (Å²) in [5, 5.41) is 9.80. The van der Waals surface area contributed by atoms with Crippen LogP contribution in [-0.4, -0.2) is 36.0 Å². The standard InChI is InChI=1S/C20H21N7O/c1-13-6-8-14(9-7-13)4-2-10-26-18-15(12-22-26)19-23-17(16-5-3-11-28-16)25-27(19)20(21)24-18/h5-9,12H,2-4,10-11H2,1H3,(H2,21,24). The number of ether oxygens (including phenoxy) is 1. The van der Waals surface area contributed by atoms with Crippen LogP contribution in [0.15, 0.2) is 36.5 Å². The molecule has 1 aliphatic rings. The number of nitrogen functional groups attached to an aromatic ring is 1. The van der Waals surface area contributed by atoms with E-state index in [1.54, 1.807) is 10.7 Å². The highest BCUT2D eigenvalue weighted by Gasteiger charge is 2.19. The smallest absolute Gasteiger partial charge is 0.225 e. The number of nitrogens with zero attached hydrogens (tertiary/aromatic N) is 6. The number of rotatable bonds is 5. The van der Waals surface area contributed by atoms with Crippen molar-refractivity contribution in [1.29, 1.82) is 0 Å². The van der Waals surface area contributed by atoms with Crippen molar-refractivity contribution in [1.82, 2.24) is 29.4 Å². The molecule has 4 heterocycles. The summed E-state index contributed by atoms with van der Waals surface area (Å²) in [4.78, 5) is 9.14. The molecule has 4 aromatic rings. The monoisotopic (exact) mass is 375 g/mol. The van der Waals surface area contributed by atoms with Crippen molar-refractivity contribution >= 4 is 28.4 Å². The number of aryl methyl sites for hydroxylation is 3. The number of hydrogen-bond donors (Lipinski definition) is 1. The maximum absolute atomic E-state index is 6.14. The molecule has 0 fully saturated rings. The Bertz CT molecular complexity index is 1190. The highest BCUT2D eigenvalue weighted by Crippen LogP contribution is 2.24. The first-order valence-corrected chi connectivity index (χ1v) is 9.46. The number of anilines is 1. The molecule has 8 nitrogen and oxygen atoms in total. The predicted molar refractivity (Wildman–Crippen MR) is 107 cm³/mol. The van der Waals surface area contributed by atoms with Crippen LogP contribution in [0.4, 0.5) is 5.95 Å². The van der Waals surface area contributed by atoms with Gasteiger partial charge >= 0.3 is 0 Å². The molecule has 8 heteroatoms. The Hall–Kier alpha value is -3.42. The van der Waals surface area contributed by atoms with Crippen molar-refractivity contribution in [2.45, 2.75) is 32.7 Å². The van der Waals surface area contributed by atoms with E-state index in [1.807, 2.05) is 10.8 Å². The van der Waals surface area contributed by atoms with Crippen molar-refractivity contribution in [2.75, 3.05) is 12.3 Å². The molecule has 0 unspecified atom stereocenters. The van der Waals surface area contributed by atoms with Crippen LogP contribution < -0.4 is 5.73 Å². The average Bonchev–Trinajstić information content (AvgIpc) is 3.42. The van der Waals surface area contributed by atoms with Gasteiger partial charge in [-0.15, -0.1) is 5.10 Å². The van der Waals surface area contributed by atoms with Gasteiger partial charge in [0.1, 0.15) is 0 Å². The summed E-state index contributed by atoms with van der Waals surface area (Å²) in [5.41, 5.74) is 10.1. The first kappa shape index (κ1) is 16.7. The molecule has 0 saturated heterocycles. The molecule has 0 saturated carbocycles. The molecular formula is C20H21N7O. The largest absolute Gasteiger partial charge is 0.490 e. The highest BCUT2D eigenvalue weighted by molar-refractivity contribution is 5.90. The van der Waals surface area contributed by atoms with Gasteiger partial charge < -0.3 is 10.5 Å². The van der Waals surface area contributed by atoms with Crippen LogP contribution >= 0.6 is 0 Å². The SMILES string of the molecule is Cc1ccc(CCCn2ncc3c2nc(N)n2nc(C4=CCCO4)nc32)cc1. The third-order valence-corrected chi connectivity index (χ3v) is 4.98. The number of nitrogens with two attached hydrogens (primary N) is 1. The number of benzene rings is 1. The van der Waals surface area contributed by atoms with Crippen molar-refractivity contribution in [3.63, 3.8) is 0 Å². The minimum absolute atomic E-state index is 0.292. The zero-order valence-electron chi connectivity index (χ0n) is 15.7. The zero-order chi connectivity index (χ0) is 19.1. The lowest BCUT2D eigenvalue weighted by Gasteiger charge is -2.05. The first-order chi connectivity index (χ1) is 13.7. The van der Waals surface area contributed by atoms with E-state index in [9.17, 15) is 0 Å². The van der Waals surface area contributed by atoms with Crippen molar-refractivity contribution in [3.8, 4) is 0 Å². The Labute approximate surface area is 161 Å². The van der Waals surface area contributed by atoms with E-state index < -0.39 is 0 Å². The summed E-state index contributed by atoms with van der Waals surface area (Å²) in [5.74, 6) is 1.52. The average molecular weight is 375 g/mol. The topological polar surface area (TPSA) is 96.2 Å². The van der Waals surface area contributed by atoms with E-state index >= 15 is 0 Å². The van der Waals surface area contributed by atoms with Crippen LogP contribution in [0.3, 0.4) is 0 Å². The lowest BCUT2D eigenvalue weighted by Crippen LogP contribution is -2.07. The minimum atomic E-state index is 0.292. The van der Waals surface area contributed by atoms with Crippen molar-refractivity contribution in [3.05, 3.63) is 53.5 Å². The van der Waals surface area contributed by atoms with Crippen molar-refractivity contribution in [2.24, 2.45) is 0 Å². The van der Waals surface area contributed by atoms with Gasteiger partial charge in [0.15, 0.2) is 17.1 Å². The maximum Gasteiger partial charge on any atom is 0.225 e. The molecule has 2 N–H and O–H groups in total. The molecule has 28 heavy (non-hydrogen) atoms. The fraction of sp³-hybridized carbons (Fsp3) is 0.300. The van der Waals surface area contributed by atoms with E-state index in [-0.39, 0.29) is 0 Å². The van der Waals surface area contributed by atoms with Gasteiger partial charge in [-0.25, -0.2) is 9.67 Å².